The van der Waals surface area contributed by atoms with Gasteiger partial charge in [0.25, 0.3) is 5.91 Å². The molecule has 1 aliphatic heterocycles. The van der Waals surface area contributed by atoms with Crippen LogP contribution < -0.4 is 20.5 Å². The minimum absolute atomic E-state index is 0.277. The Labute approximate surface area is 148 Å². The normalized spacial score (nSPS) is 13.5. The maximum atomic E-state index is 12.5. The largest absolute Gasteiger partial charge is 0.489 e. The molecule has 1 amide bonds. The Morgan fingerprint density at radius 2 is 2.00 bits per heavy atom. The number of amides is 1. The van der Waals surface area contributed by atoms with Gasteiger partial charge in [-0.2, -0.15) is 0 Å². The summed E-state index contributed by atoms with van der Waals surface area (Å²) in [5.74, 6) is 0.785. The van der Waals surface area contributed by atoms with E-state index in [1.807, 2.05) is 6.07 Å². The molecule has 4 rings (SSSR count). The maximum absolute atomic E-state index is 12.5. The summed E-state index contributed by atoms with van der Waals surface area (Å²) >= 11 is 5.98. The second-order valence-corrected chi connectivity index (χ2v) is 6.25. The molecule has 1 aromatic heterocycles. The zero-order chi connectivity index (χ0) is 17.4. The highest BCUT2D eigenvalue weighted by Crippen LogP contribution is 2.38. The topological polar surface area (TPSA) is 89.4 Å². The third kappa shape index (κ3) is 3.08. The first-order valence-electron chi connectivity index (χ1n) is 7.89. The third-order valence-electron chi connectivity index (χ3n) is 3.96. The predicted octanol–water partition coefficient (Wildman–Crippen LogP) is 3.82. The smallest absolute Gasteiger partial charge is 0.272 e. The summed E-state index contributed by atoms with van der Waals surface area (Å²) in [6, 6.07) is 10.5. The highest BCUT2D eigenvalue weighted by atomic mass is 35.5. The molecule has 0 radical (unpaired) electrons. The van der Waals surface area contributed by atoms with Gasteiger partial charge in [-0.25, -0.2) is 0 Å². The summed E-state index contributed by atoms with van der Waals surface area (Å²) in [6.07, 6.45) is 0.785. The van der Waals surface area contributed by atoms with E-state index in [0.29, 0.717) is 46.8 Å². The van der Waals surface area contributed by atoms with Crippen molar-refractivity contribution in [2.45, 2.75) is 6.42 Å². The van der Waals surface area contributed by atoms with E-state index in [9.17, 15) is 4.79 Å². The van der Waals surface area contributed by atoms with Gasteiger partial charge in [-0.3, -0.25) is 4.79 Å². The van der Waals surface area contributed by atoms with Crippen LogP contribution in [0.15, 0.2) is 36.4 Å². The molecule has 6 nitrogen and oxygen atoms in total. The predicted molar refractivity (Wildman–Crippen MR) is 97.7 cm³/mol. The second kappa shape index (κ2) is 6.22. The van der Waals surface area contributed by atoms with Crippen molar-refractivity contribution in [1.29, 1.82) is 0 Å². The summed E-state index contributed by atoms with van der Waals surface area (Å²) in [5, 5.41) is 4.32. The first-order chi connectivity index (χ1) is 12.1. The highest BCUT2D eigenvalue weighted by Gasteiger charge is 2.17. The van der Waals surface area contributed by atoms with Gasteiger partial charge < -0.3 is 25.5 Å². The van der Waals surface area contributed by atoms with E-state index < -0.39 is 0 Å². The third-order valence-corrected chi connectivity index (χ3v) is 4.20. The standard InChI is InChI=1S/C18H16ClN3O3/c19-11-2-3-14-10(6-11)7-15(22-14)18(23)21-12-8-13(20)17-16(9-12)24-4-1-5-25-17/h2-3,6-9,22H,1,4-5,20H2,(H,21,23). The van der Waals surface area contributed by atoms with Crippen LogP contribution in [0.4, 0.5) is 11.4 Å². The van der Waals surface area contributed by atoms with E-state index in [4.69, 9.17) is 26.8 Å². The van der Waals surface area contributed by atoms with E-state index in [1.54, 1.807) is 30.3 Å². The van der Waals surface area contributed by atoms with Gasteiger partial charge in [0.1, 0.15) is 5.69 Å². The SMILES string of the molecule is Nc1cc(NC(=O)c2cc3cc(Cl)ccc3[nH]2)cc2c1OCCCO2. The van der Waals surface area contributed by atoms with Gasteiger partial charge in [0.2, 0.25) is 0 Å². The van der Waals surface area contributed by atoms with Crippen molar-refractivity contribution >= 4 is 39.8 Å². The van der Waals surface area contributed by atoms with Crippen LogP contribution in [0.5, 0.6) is 11.5 Å². The zero-order valence-electron chi connectivity index (χ0n) is 13.3. The molecule has 4 N–H and O–H groups in total. The van der Waals surface area contributed by atoms with E-state index >= 15 is 0 Å². The van der Waals surface area contributed by atoms with Gasteiger partial charge in [0.05, 0.1) is 18.9 Å². The molecule has 0 bridgehead atoms. The quantitative estimate of drug-likeness (QED) is 0.608. The number of rotatable bonds is 2. The van der Waals surface area contributed by atoms with Crippen molar-refractivity contribution in [3.05, 3.63) is 47.1 Å². The average Bonchev–Trinajstić information content (AvgIpc) is 2.84. The van der Waals surface area contributed by atoms with Crippen LogP contribution in [-0.2, 0) is 0 Å². The summed E-state index contributed by atoms with van der Waals surface area (Å²) in [5.41, 5.74) is 8.27. The molecule has 128 valence electrons. The maximum Gasteiger partial charge on any atom is 0.272 e. The molecule has 3 aromatic rings. The highest BCUT2D eigenvalue weighted by molar-refractivity contribution is 6.31. The fourth-order valence-electron chi connectivity index (χ4n) is 2.80. The number of carbonyl (C=O) groups excluding carboxylic acids is 1. The number of hydrogen-bond acceptors (Lipinski definition) is 4. The van der Waals surface area contributed by atoms with Crippen LogP contribution in [0.3, 0.4) is 0 Å². The number of H-pyrrole nitrogens is 1. The Morgan fingerprint density at radius 3 is 2.88 bits per heavy atom. The fraction of sp³-hybridized carbons (Fsp3) is 0.167. The van der Waals surface area contributed by atoms with Gasteiger partial charge in [-0.1, -0.05) is 11.6 Å². The van der Waals surface area contributed by atoms with Crippen LogP contribution in [0.2, 0.25) is 5.02 Å². The number of ether oxygens (including phenoxy) is 2. The van der Waals surface area contributed by atoms with Crippen molar-refractivity contribution in [2.24, 2.45) is 0 Å². The van der Waals surface area contributed by atoms with Crippen LogP contribution >= 0.6 is 11.6 Å². The first kappa shape index (κ1) is 15.7. The molecule has 0 saturated carbocycles. The lowest BCUT2D eigenvalue weighted by Gasteiger charge is -2.12. The molecule has 7 heteroatoms. The summed E-state index contributed by atoms with van der Waals surface area (Å²) in [4.78, 5) is 15.6. The van der Waals surface area contributed by atoms with Crippen molar-refractivity contribution in [3.63, 3.8) is 0 Å². The minimum atomic E-state index is -0.277. The molecule has 2 aromatic carbocycles. The monoisotopic (exact) mass is 357 g/mol. The molecule has 0 aliphatic carbocycles. The van der Waals surface area contributed by atoms with Crippen molar-refractivity contribution in [1.82, 2.24) is 4.98 Å². The number of nitrogens with two attached hydrogens (primary N) is 1. The number of nitrogens with one attached hydrogen (secondary N) is 2. The Kier molecular flexibility index (Phi) is 3.89. The van der Waals surface area contributed by atoms with E-state index in [2.05, 4.69) is 10.3 Å². The van der Waals surface area contributed by atoms with Crippen LogP contribution in [0, 0.1) is 0 Å². The molecule has 0 spiro atoms. The lowest BCUT2D eigenvalue weighted by atomic mass is 10.2. The lowest BCUT2D eigenvalue weighted by Crippen LogP contribution is -2.12. The molecule has 0 atom stereocenters. The molecule has 0 unspecified atom stereocenters. The number of benzene rings is 2. The lowest BCUT2D eigenvalue weighted by molar-refractivity contribution is 0.102. The fourth-order valence-corrected chi connectivity index (χ4v) is 2.98. The average molecular weight is 358 g/mol. The molecule has 25 heavy (non-hydrogen) atoms. The second-order valence-electron chi connectivity index (χ2n) is 5.81. The molecule has 1 aliphatic rings. The summed E-state index contributed by atoms with van der Waals surface area (Å²) in [6.45, 7) is 1.10. The van der Waals surface area contributed by atoms with Crippen LogP contribution in [0.25, 0.3) is 10.9 Å². The van der Waals surface area contributed by atoms with E-state index in [0.717, 1.165) is 17.3 Å². The van der Waals surface area contributed by atoms with E-state index in [1.165, 1.54) is 0 Å². The minimum Gasteiger partial charge on any atom is -0.489 e. The van der Waals surface area contributed by atoms with Crippen molar-refractivity contribution in [2.75, 3.05) is 24.3 Å². The molecule has 2 heterocycles. The number of carbonyl (C=O) groups is 1. The molecule has 0 saturated heterocycles. The number of aromatic amines is 1. The van der Waals surface area contributed by atoms with Crippen molar-refractivity contribution in [3.8, 4) is 11.5 Å². The zero-order valence-corrected chi connectivity index (χ0v) is 14.0. The van der Waals surface area contributed by atoms with E-state index in [-0.39, 0.29) is 5.91 Å². The molecular formula is C18H16ClN3O3. The van der Waals surface area contributed by atoms with Gasteiger partial charge in [0, 0.05) is 34.1 Å². The number of hydrogen-bond donors (Lipinski definition) is 3. The summed E-state index contributed by atoms with van der Waals surface area (Å²) < 4.78 is 11.2. The van der Waals surface area contributed by atoms with Crippen LogP contribution in [0.1, 0.15) is 16.9 Å². The number of anilines is 2. The molecule has 0 fully saturated rings. The Morgan fingerprint density at radius 1 is 1.16 bits per heavy atom. The number of halogens is 1. The number of nitrogen functional groups attached to an aromatic ring is 1. The van der Waals surface area contributed by atoms with Crippen molar-refractivity contribution < 1.29 is 14.3 Å². The Bertz CT molecular complexity index is 968. The van der Waals surface area contributed by atoms with Gasteiger partial charge >= 0.3 is 0 Å². The number of aromatic nitrogens is 1. The van der Waals surface area contributed by atoms with Gasteiger partial charge in [0.15, 0.2) is 11.5 Å². The molecular weight excluding hydrogens is 342 g/mol. The van der Waals surface area contributed by atoms with Gasteiger partial charge in [-0.15, -0.1) is 0 Å². The first-order valence-corrected chi connectivity index (χ1v) is 8.27. The van der Waals surface area contributed by atoms with Crippen LogP contribution in [-0.4, -0.2) is 24.1 Å². The summed E-state index contributed by atoms with van der Waals surface area (Å²) in [7, 11) is 0. The number of fused-ring (bicyclic) bond motifs is 2. The Hall–Kier alpha value is -2.86. The Balaban J connectivity index is 1.61. The van der Waals surface area contributed by atoms with Gasteiger partial charge in [-0.05, 0) is 30.3 Å².